The largest absolute Gasteiger partial charge is 0.497 e. The van der Waals surface area contributed by atoms with Gasteiger partial charge in [-0.3, -0.25) is 10.1 Å². The Hall–Kier alpha value is -3.13. The smallest absolute Gasteiger partial charge is 0.245 e. The first-order valence-electron chi connectivity index (χ1n) is 9.93. The highest BCUT2D eigenvalue weighted by molar-refractivity contribution is 7.92. The summed E-state index contributed by atoms with van der Waals surface area (Å²) in [6.07, 6.45) is 0.182. The number of hydrogen-bond acceptors (Lipinski definition) is 6. The lowest BCUT2D eigenvalue weighted by Gasteiger charge is -2.18. The van der Waals surface area contributed by atoms with Crippen LogP contribution in [0.4, 0.5) is 5.88 Å². The van der Waals surface area contributed by atoms with Crippen molar-refractivity contribution in [1.29, 1.82) is 0 Å². The van der Waals surface area contributed by atoms with Crippen LogP contribution in [0, 0.1) is 12.8 Å². The molecule has 0 radical (unpaired) electrons. The number of carbonyl (C=O) groups is 1. The molecule has 0 saturated heterocycles. The molecule has 0 spiro atoms. The maximum absolute atomic E-state index is 13.2. The van der Waals surface area contributed by atoms with Gasteiger partial charge in [-0.15, -0.1) is 0 Å². The summed E-state index contributed by atoms with van der Waals surface area (Å²) in [6.45, 7) is 5.63. The molecule has 0 unspecified atom stereocenters. The summed E-state index contributed by atoms with van der Waals surface area (Å²) >= 11 is 0. The van der Waals surface area contributed by atoms with Gasteiger partial charge in [0.1, 0.15) is 16.7 Å². The lowest BCUT2D eigenvalue weighted by Crippen LogP contribution is -2.36. The molecular weight excluding hydrogens is 416 g/mol. The van der Waals surface area contributed by atoms with E-state index in [2.05, 4.69) is 10.5 Å². The van der Waals surface area contributed by atoms with Gasteiger partial charge in [0.2, 0.25) is 11.8 Å². The molecule has 3 aromatic rings. The number of nitrogens with one attached hydrogen (secondary N) is 1. The van der Waals surface area contributed by atoms with Crippen molar-refractivity contribution >= 4 is 21.6 Å². The summed E-state index contributed by atoms with van der Waals surface area (Å²) in [6, 6.07) is 15.2. The Morgan fingerprint density at radius 3 is 2.32 bits per heavy atom. The van der Waals surface area contributed by atoms with Crippen molar-refractivity contribution in [2.75, 3.05) is 12.4 Å². The number of ether oxygens (including phenoxy) is 1. The predicted octanol–water partition coefficient (Wildman–Crippen LogP) is 4.49. The first kappa shape index (κ1) is 22.6. The average Bonchev–Trinajstić information content (AvgIpc) is 3.20. The van der Waals surface area contributed by atoms with Gasteiger partial charge in [-0.05, 0) is 55.7 Å². The van der Waals surface area contributed by atoms with Gasteiger partial charge in [0.05, 0.1) is 12.0 Å². The fourth-order valence-corrected chi connectivity index (χ4v) is 4.95. The molecule has 1 N–H and O–H groups in total. The molecule has 3 rings (SSSR count). The van der Waals surface area contributed by atoms with E-state index < -0.39 is 21.0 Å². The molecule has 1 heterocycles. The molecule has 31 heavy (non-hydrogen) atoms. The highest BCUT2D eigenvalue weighted by Gasteiger charge is 2.35. The van der Waals surface area contributed by atoms with E-state index in [1.807, 2.05) is 32.9 Å². The first-order valence-corrected chi connectivity index (χ1v) is 11.5. The van der Waals surface area contributed by atoms with Crippen LogP contribution >= 0.6 is 0 Å². The van der Waals surface area contributed by atoms with E-state index in [0.29, 0.717) is 11.4 Å². The van der Waals surface area contributed by atoms with Crippen LogP contribution < -0.4 is 10.1 Å². The first-order chi connectivity index (χ1) is 14.7. The molecule has 8 heteroatoms. The maximum Gasteiger partial charge on any atom is 0.245 e. The number of sulfone groups is 1. The highest BCUT2D eigenvalue weighted by atomic mass is 32.2. The summed E-state index contributed by atoms with van der Waals surface area (Å²) < 4.78 is 36.7. The van der Waals surface area contributed by atoms with Crippen molar-refractivity contribution in [2.45, 2.75) is 37.3 Å². The Kier molecular flexibility index (Phi) is 6.80. The second-order valence-electron chi connectivity index (χ2n) is 7.77. The number of benzene rings is 2. The molecule has 7 nitrogen and oxygen atoms in total. The van der Waals surface area contributed by atoms with Crippen molar-refractivity contribution in [3.8, 4) is 17.0 Å². The van der Waals surface area contributed by atoms with Gasteiger partial charge >= 0.3 is 0 Å². The van der Waals surface area contributed by atoms with Crippen molar-refractivity contribution < 1.29 is 22.5 Å². The van der Waals surface area contributed by atoms with Crippen LogP contribution in [0.15, 0.2) is 64.0 Å². The van der Waals surface area contributed by atoms with Gasteiger partial charge in [0.25, 0.3) is 0 Å². The molecular formula is C23H26N2O5S. The number of carbonyl (C=O) groups excluding carboxylic acids is 1. The summed E-state index contributed by atoms with van der Waals surface area (Å²) in [5.41, 5.74) is 2.23. The van der Waals surface area contributed by atoms with Crippen LogP contribution in [0.2, 0.25) is 0 Å². The number of nitrogens with zero attached hydrogens (tertiary/aromatic N) is 1. The molecule has 1 aromatic heterocycles. The zero-order valence-electron chi connectivity index (χ0n) is 18.0. The van der Waals surface area contributed by atoms with E-state index in [9.17, 15) is 13.2 Å². The third-order valence-corrected chi connectivity index (χ3v) is 6.93. The molecule has 0 aliphatic rings. The topological polar surface area (TPSA) is 98.5 Å². The van der Waals surface area contributed by atoms with E-state index >= 15 is 0 Å². The standard InChI is InChI=1S/C23H26N2O5S/c1-15(2)13-21(31(27,28)19-11-5-16(3)6-12-19)23(26)24-22-14-20(25-30-22)17-7-9-18(29-4)10-8-17/h5-12,14-15,21H,13H2,1-4H3,(H,24,26)/t21-/m0/s1. The number of aryl methyl sites for hydroxylation is 1. The molecule has 0 aliphatic carbocycles. The SMILES string of the molecule is COc1ccc(-c2cc(NC(=O)[C@H](CC(C)C)S(=O)(=O)c3ccc(C)cc3)on2)cc1. The minimum atomic E-state index is -3.87. The van der Waals surface area contributed by atoms with Gasteiger partial charge < -0.3 is 9.26 Å². The van der Waals surface area contributed by atoms with Crippen LogP contribution in [0.3, 0.4) is 0 Å². The minimum absolute atomic E-state index is 0.000518. The molecule has 0 aliphatic heterocycles. The number of amides is 1. The zero-order valence-corrected chi connectivity index (χ0v) is 18.8. The fraction of sp³-hybridized carbons (Fsp3) is 0.304. The monoisotopic (exact) mass is 442 g/mol. The number of aromatic nitrogens is 1. The lowest BCUT2D eigenvalue weighted by atomic mass is 10.1. The summed E-state index contributed by atoms with van der Waals surface area (Å²) in [5.74, 6) is 0.148. The van der Waals surface area contributed by atoms with Crippen molar-refractivity contribution in [3.63, 3.8) is 0 Å². The number of anilines is 1. The summed E-state index contributed by atoms with van der Waals surface area (Å²) in [5, 5.41) is 5.30. The molecule has 164 valence electrons. The minimum Gasteiger partial charge on any atom is -0.497 e. The maximum atomic E-state index is 13.2. The Bertz CT molecular complexity index is 1130. The Morgan fingerprint density at radius 2 is 1.74 bits per heavy atom. The molecule has 0 saturated carbocycles. The second-order valence-corrected chi connectivity index (χ2v) is 9.90. The number of methoxy groups -OCH3 is 1. The Balaban J connectivity index is 1.82. The van der Waals surface area contributed by atoms with Gasteiger partial charge in [0, 0.05) is 11.6 Å². The Labute approximate surface area is 182 Å². The van der Waals surface area contributed by atoms with Crippen molar-refractivity contribution in [3.05, 3.63) is 60.2 Å². The summed E-state index contributed by atoms with van der Waals surface area (Å²) in [7, 11) is -2.29. The summed E-state index contributed by atoms with van der Waals surface area (Å²) in [4.78, 5) is 13.1. The van der Waals surface area contributed by atoms with Crippen LogP contribution in [0.25, 0.3) is 11.3 Å². The van der Waals surface area contributed by atoms with E-state index in [4.69, 9.17) is 9.26 Å². The molecule has 0 bridgehead atoms. The van der Waals surface area contributed by atoms with Gasteiger partial charge in [-0.2, -0.15) is 0 Å². The average molecular weight is 443 g/mol. The van der Waals surface area contributed by atoms with E-state index in [0.717, 1.165) is 11.1 Å². The van der Waals surface area contributed by atoms with Crippen LogP contribution in [0.5, 0.6) is 5.75 Å². The van der Waals surface area contributed by atoms with E-state index in [1.54, 1.807) is 37.4 Å². The number of hydrogen-bond donors (Lipinski definition) is 1. The lowest BCUT2D eigenvalue weighted by molar-refractivity contribution is -0.116. The van der Waals surface area contributed by atoms with Crippen LogP contribution in [0.1, 0.15) is 25.8 Å². The van der Waals surface area contributed by atoms with Crippen molar-refractivity contribution in [2.24, 2.45) is 5.92 Å². The van der Waals surface area contributed by atoms with E-state index in [-0.39, 0.29) is 23.1 Å². The predicted molar refractivity (Wildman–Crippen MR) is 119 cm³/mol. The third-order valence-electron chi connectivity index (χ3n) is 4.84. The fourth-order valence-electron chi connectivity index (χ4n) is 3.13. The number of rotatable bonds is 8. The molecule has 0 fully saturated rings. The van der Waals surface area contributed by atoms with Crippen LogP contribution in [-0.2, 0) is 14.6 Å². The molecule has 1 amide bonds. The molecule has 2 aromatic carbocycles. The molecule has 1 atom stereocenters. The zero-order chi connectivity index (χ0) is 22.6. The quantitative estimate of drug-likeness (QED) is 0.552. The Morgan fingerprint density at radius 1 is 1.10 bits per heavy atom. The second kappa shape index (κ2) is 9.34. The van der Waals surface area contributed by atoms with Crippen molar-refractivity contribution in [1.82, 2.24) is 5.16 Å². The van der Waals surface area contributed by atoms with Gasteiger partial charge in [0.15, 0.2) is 9.84 Å². The normalized spacial score (nSPS) is 12.5. The van der Waals surface area contributed by atoms with Crippen LogP contribution in [-0.4, -0.2) is 31.8 Å². The van der Waals surface area contributed by atoms with E-state index in [1.165, 1.54) is 12.1 Å². The third kappa shape index (κ3) is 5.32. The van der Waals surface area contributed by atoms with Gasteiger partial charge in [-0.25, -0.2) is 8.42 Å². The highest BCUT2D eigenvalue weighted by Crippen LogP contribution is 2.26. The van der Waals surface area contributed by atoms with Gasteiger partial charge in [-0.1, -0.05) is 36.7 Å².